The molecule has 60 heavy (non-hydrogen) atoms. The van der Waals surface area contributed by atoms with E-state index in [9.17, 15) is 8.42 Å². The first kappa shape index (κ1) is 46.6. The number of rotatable bonds is 25. The number of likely N-dealkylation sites (tertiary alicyclic amines) is 1. The lowest BCUT2D eigenvalue weighted by atomic mass is 9.99. The number of nitrogens with zero attached hydrogens (tertiary/aromatic N) is 5. The number of sulfone groups is 1. The first-order valence-corrected chi connectivity index (χ1v) is 25.8. The minimum Gasteiger partial charge on any atom is -0.497 e. The highest BCUT2D eigenvalue weighted by Crippen LogP contribution is 2.39. The molecule has 0 saturated carbocycles. The second-order valence-electron chi connectivity index (χ2n) is 17.9. The van der Waals surface area contributed by atoms with Crippen molar-refractivity contribution in [2.24, 2.45) is 0 Å². The second kappa shape index (κ2) is 24.6. The van der Waals surface area contributed by atoms with Gasteiger partial charge in [-0.1, -0.05) is 110 Å². The maximum Gasteiger partial charge on any atom is 0.210 e. The van der Waals surface area contributed by atoms with E-state index in [1.165, 1.54) is 122 Å². The molecule has 0 unspecified atom stereocenters. The predicted octanol–water partition coefficient (Wildman–Crippen LogP) is 10.8. The Bertz CT molecular complexity index is 1780. The van der Waals surface area contributed by atoms with E-state index in [2.05, 4.69) is 38.4 Å². The zero-order valence-electron chi connectivity index (χ0n) is 37.8. The fourth-order valence-corrected chi connectivity index (χ4v) is 11.4. The van der Waals surface area contributed by atoms with Gasteiger partial charge >= 0.3 is 0 Å². The molecule has 3 saturated heterocycles. The monoisotopic (exact) mass is 846 g/mol. The van der Waals surface area contributed by atoms with Crippen molar-refractivity contribution in [1.82, 2.24) is 19.7 Å². The zero-order chi connectivity index (χ0) is 42.0. The van der Waals surface area contributed by atoms with Crippen LogP contribution in [0.4, 0.5) is 5.69 Å². The summed E-state index contributed by atoms with van der Waals surface area (Å²) >= 11 is 0. The molecule has 10 heteroatoms. The highest BCUT2D eigenvalue weighted by Gasteiger charge is 2.34. The molecule has 0 spiro atoms. The van der Waals surface area contributed by atoms with Gasteiger partial charge < -0.3 is 19.3 Å². The molecule has 6 rings (SSSR count). The van der Waals surface area contributed by atoms with Gasteiger partial charge in [0.15, 0.2) is 0 Å². The van der Waals surface area contributed by atoms with Gasteiger partial charge in [0.05, 0.1) is 29.8 Å². The fourth-order valence-electron chi connectivity index (χ4n) is 9.99. The maximum atomic E-state index is 14.5. The summed E-state index contributed by atoms with van der Waals surface area (Å²) in [5.74, 6) is 1.40. The first-order chi connectivity index (χ1) is 29.4. The van der Waals surface area contributed by atoms with Crippen LogP contribution in [0.2, 0.25) is 0 Å². The summed E-state index contributed by atoms with van der Waals surface area (Å²) in [5.41, 5.74) is 1.51. The van der Waals surface area contributed by atoms with Crippen molar-refractivity contribution >= 4 is 26.4 Å². The van der Waals surface area contributed by atoms with Crippen molar-refractivity contribution in [3.05, 3.63) is 48.7 Å². The number of hydrogen-bond donors (Lipinski definition) is 0. The summed E-state index contributed by atoms with van der Waals surface area (Å²) in [5, 5.41) is 0.815. The van der Waals surface area contributed by atoms with Crippen molar-refractivity contribution in [1.29, 1.82) is 0 Å². The molecule has 0 amide bonds. The Morgan fingerprint density at radius 3 is 1.63 bits per heavy atom. The highest BCUT2D eigenvalue weighted by molar-refractivity contribution is 7.91. The van der Waals surface area contributed by atoms with Gasteiger partial charge in [-0.25, -0.2) is 8.42 Å². The lowest BCUT2D eigenvalue weighted by molar-refractivity contribution is 0.0384. The number of piperazine rings is 1. The zero-order valence-corrected chi connectivity index (χ0v) is 38.6. The van der Waals surface area contributed by atoms with Crippen LogP contribution in [0.1, 0.15) is 142 Å². The summed E-state index contributed by atoms with van der Waals surface area (Å²) in [4.78, 5) is 15.5. The van der Waals surface area contributed by atoms with E-state index in [0.717, 1.165) is 87.7 Å². The topological polar surface area (TPSA) is 78.4 Å². The number of benzene rings is 2. The third-order valence-corrected chi connectivity index (χ3v) is 15.6. The van der Waals surface area contributed by atoms with Gasteiger partial charge in [0.2, 0.25) is 9.84 Å². The van der Waals surface area contributed by atoms with Gasteiger partial charge in [0.25, 0.3) is 0 Å². The Kier molecular flexibility index (Phi) is 19.1. The van der Waals surface area contributed by atoms with E-state index in [1.807, 2.05) is 18.2 Å². The van der Waals surface area contributed by atoms with Gasteiger partial charge in [0, 0.05) is 62.9 Å². The average Bonchev–Trinajstić information content (AvgIpc) is 3.29. The van der Waals surface area contributed by atoms with Gasteiger partial charge in [-0.2, -0.15) is 0 Å². The number of unbranched alkanes of at least 4 members (excludes halogenated alkanes) is 15. The van der Waals surface area contributed by atoms with Crippen molar-refractivity contribution in [2.75, 3.05) is 77.5 Å². The Balaban J connectivity index is 0.964. The number of anilines is 1. The number of aromatic nitrogens is 1. The number of pyridine rings is 1. The molecule has 0 atom stereocenters. The van der Waals surface area contributed by atoms with Crippen LogP contribution in [0.5, 0.6) is 11.5 Å². The van der Waals surface area contributed by atoms with Crippen molar-refractivity contribution < 1.29 is 17.9 Å². The Hall–Kier alpha value is -2.92. The molecule has 0 N–H and O–H groups in total. The molecule has 2 aromatic carbocycles. The van der Waals surface area contributed by atoms with Crippen LogP contribution in [-0.2, 0) is 9.84 Å². The lowest BCUT2D eigenvalue weighted by Crippen LogP contribution is -2.56. The van der Waals surface area contributed by atoms with Gasteiger partial charge in [0.1, 0.15) is 16.4 Å². The van der Waals surface area contributed by atoms with E-state index in [0.29, 0.717) is 24.1 Å². The van der Waals surface area contributed by atoms with Crippen LogP contribution >= 0.6 is 0 Å². The van der Waals surface area contributed by atoms with Crippen molar-refractivity contribution in [2.45, 2.75) is 164 Å². The van der Waals surface area contributed by atoms with Gasteiger partial charge in [-0.3, -0.25) is 14.8 Å². The van der Waals surface area contributed by atoms with E-state index in [1.54, 1.807) is 37.6 Å². The Morgan fingerprint density at radius 2 is 1.12 bits per heavy atom. The molecule has 334 valence electrons. The van der Waals surface area contributed by atoms with Crippen LogP contribution in [0.3, 0.4) is 0 Å². The molecule has 0 radical (unpaired) electrons. The molecule has 0 aliphatic carbocycles. The molecule has 3 fully saturated rings. The number of ether oxygens (including phenoxy) is 2. The van der Waals surface area contributed by atoms with Gasteiger partial charge in [-0.15, -0.1) is 0 Å². The van der Waals surface area contributed by atoms with E-state index >= 15 is 0 Å². The summed E-state index contributed by atoms with van der Waals surface area (Å²) in [6.45, 7) is 15.0. The SMILES string of the molecule is CCCCCCCCCCCCCCCCCCOc1ccc(S(=O)(=O)c2cnc3ccc(OC)cc3c2N2CCC(N3CCN(C4CCN(CC)CC4)CC3)CC2)cc1. The van der Waals surface area contributed by atoms with Crippen LogP contribution in [-0.4, -0.2) is 113 Å². The molecule has 0 bridgehead atoms. The maximum absolute atomic E-state index is 14.5. The molecule has 3 aliphatic rings. The molecule has 4 heterocycles. The molecule has 1 aromatic heterocycles. The third kappa shape index (κ3) is 13.3. The number of methoxy groups -OCH3 is 1. The molecule has 3 aromatic rings. The summed E-state index contributed by atoms with van der Waals surface area (Å²) in [6.07, 6.45) is 27.6. The van der Waals surface area contributed by atoms with E-state index in [4.69, 9.17) is 9.47 Å². The smallest absolute Gasteiger partial charge is 0.210 e. The quantitative estimate of drug-likeness (QED) is 0.0775. The normalized spacial score (nSPS) is 18.1. The number of piperidine rings is 2. The molecular weight excluding hydrogens is 767 g/mol. The average molecular weight is 846 g/mol. The summed E-state index contributed by atoms with van der Waals surface area (Å²) < 4.78 is 40.7. The van der Waals surface area contributed by atoms with E-state index < -0.39 is 9.84 Å². The van der Waals surface area contributed by atoms with Crippen LogP contribution in [0, 0.1) is 0 Å². The predicted molar refractivity (Wildman–Crippen MR) is 249 cm³/mol. The first-order valence-electron chi connectivity index (χ1n) is 24.3. The Labute approximate surface area is 364 Å². The number of fused-ring (bicyclic) bond motifs is 1. The molecule has 3 aliphatic heterocycles. The molecular formula is C50H79N5O4S. The van der Waals surface area contributed by atoms with Gasteiger partial charge in [-0.05, 0) is 94.2 Å². The lowest BCUT2D eigenvalue weighted by Gasteiger charge is -2.46. The number of hydrogen-bond acceptors (Lipinski definition) is 9. The van der Waals surface area contributed by atoms with Crippen LogP contribution in [0.15, 0.2) is 58.5 Å². The summed E-state index contributed by atoms with van der Waals surface area (Å²) in [7, 11) is -2.22. The van der Waals surface area contributed by atoms with E-state index in [-0.39, 0.29) is 9.79 Å². The largest absolute Gasteiger partial charge is 0.497 e. The second-order valence-corrected chi connectivity index (χ2v) is 19.9. The fraction of sp³-hybridized carbons (Fsp3) is 0.700. The van der Waals surface area contributed by atoms with Crippen LogP contribution < -0.4 is 14.4 Å². The van der Waals surface area contributed by atoms with Crippen molar-refractivity contribution in [3.8, 4) is 11.5 Å². The highest BCUT2D eigenvalue weighted by atomic mass is 32.2. The third-order valence-electron chi connectivity index (χ3n) is 13.9. The standard InChI is InChI=1S/C50H79N5O4S/c1-4-6-7-8-9-10-11-12-13-14-15-16-17-18-19-20-39-59-44-21-24-46(25-22-44)60(56,57)49-41-51-48-26-23-45(58-3)40-47(48)50(49)55-33-29-43(30-34-55)54-37-35-53(36-38-54)42-27-31-52(5-2)32-28-42/h21-26,40-43H,4-20,27-39H2,1-3H3. The minimum absolute atomic E-state index is 0.256. The summed E-state index contributed by atoms with van der Waals surface area (Å²) in [6, 6.07) is 14.0. The molecule has 9 nitrogen and oxygen atoms in total. The van der Waals surface area contributed by atoms with Crippen molar-refractivity contribution in [3.63, 3.8) is 0 Å². The minimum atomic E-state index is -3.88. The van der Waals surface area contributed by atoms with Crippen LogP contribution in [0.25, 0.3) is 10.9 Å². The Morgan fingerprint density at radius 1 is 0.617 bits per heavy atom.